The van der Waals surface area contributed by atoms with Crippen LogP contribution in [-0.2, 0) is 11.2 Å². The van der Waals surface area contributed by atoms with Gasteiger partial charge in [0.2, 0.25) is 0 Å². The molecule has 1 heterocycles. The minimum absolute atomic E-state index is 0.0145. The molecule has 1 aromatic carbocycles. The van der Waals surface area contributed by atoms with Crippen molar-refractivity contribution in [2.24, 2.45) is 5.73 Å². The summed E-state index contributed by atoms with van der Waals surface area (Å²) in [5.74, 6) is 1.01. The topological polar surface area (TPSA) is 68.3 Å². The zero-order valence-corrected chi connectivity index (χ0v) is 11.6. The lowest BCUT2D eigenvalue weighted by atomic mass is 10.1. The van der Waals surface area contributed by atoms with E-state index in [9.17, 15) is 0 Å². The van der Waals surface area contributed by atoms with Crippen molar-refractivity contribution < 1.29 is 9.47 Å². The van der Waals surface area contributed by atoms with Gasteiger partial charge in [0.25, 0.3) is 0 Å². The smallest absolute Gasteiger partial charge is 0.119 e. The first kappa shape index (κ1) is 13.9. The minimum Gasteiger partial charge on any atom is -0.491 e. The summed E-state index contributed by atoms with van der Waals surface area (Å²) in [6, 6.07) is 7.71. The molecule has 2 rings (SSSR count). The lowest BCUT2D eigenvalue weighted by Crippen LogP contribution is -2.23. The molecular weight excluding hydrogens is 240 g/mol. The van der Waals surface area contributed by atoms with E-state index >= 15 is 0 Å². The van der Waals surface area contributed by atoms with Crippen LogP contribution >= 0.6 is 0 Å². The highest BCUT2D eigenvalue weighted by Gasteiger charge is 2.31. The van der Waals surface area contributed by atoms with Gasteiger partial charge in [0.15, 0.2) is 0 Å². The lowest BCUT2D eigenvalue weighted by molar-refractivity contribution is -0.0326. The van der Waals surface area contributed by atoms with E-state index in [0.717, 1.165) is 24.2 Å². The van der Waals surface area contributed by atoms with Crippen LogP contribution in [0.3, 0.4) is 0 Å². The Hall–Kier alpha value is -1.55. The first-order chi connectivity index (χ1) is 8.94. The zero-order chi connectivity index (χ0) is 13.9. The molecule has 0 aliphatic carbocycles. The van der Waals surface area contributed by atoms with Gasteiger partial charge >= 0.3 is 0 Å². The Balaban J connectivity index is 1.82. The van der Waals surface area contributed by atoms with Crippen LogP contribution in [0.4, 0.5) is 0 Å². The maximum Gasteiger partial charge on any atom is 0.119 e. The van der Waals surface area contributed by atoms with Gasteiger partial charge in [-0.15, -0.1) is 0 Å². The highest BCUT2D eigenvalue weighted by molar-refractivity contribution is 5.79. The molecule has 1 fully saturated rings. The van der Waals surface area contributed by atoms with Crippen LogP contribution in [0.2, 0.25) is 0 Å². The van der Waals surface area contributed by atoms with Crippen molar-refractivity contribution in [2.75, 3.05) is 6.61 Å². The van der Waals surface area contributed by atoms with E-state index in [-0.39, 0.29) is 17.5 Å². The van der Waals surface area contributed by atoms with Crippen LogP contribution in [0, 0.1) is 5.41 Å². The minimum atomic E-state index is -0.0145. The Kier molecular flexibility index (Phi) is 4.10. The SMILES string of the molecule is CC1(C)CCC(COc2ccc(CC(=N)N)cc2)O1. The van der Waals surface area contributed by atoms with Crippen LogP contribution in [0.5, 0.6) is 5.75 Å². The summed E-state index contributed by atoms with van der Waals surface area (Å²) in [4.78, 5) is 0. The van der Waals surface area contributed by atoms with Gasteiger partial charge in [-0.1, -0.05) is 12.1 Å². The van der Waals surface area contributed by atoms with E-state index in [1.54, 1.807) is 0 Å². The molecule has 4 nitrogen and oxygen atoms in total. The van der Waals surface area contributed by atoms with Gasteiger partial charge in [-0.05, 0) is 44.4 Å². The summed E-state index contributed by atoms with van der Waals surface area (Å²) < 4.78 is 11.6. The summed E-state index contributed by atoms with van der Waals surface area (Å²) in [7, 11) is 0. The fraction of sp³-hybridized carbons (Fsp3) is 0.533. The summed E-state index contributed by atoms with van der Waals surface area (Å²) in [6.07, 6.45) is 2.81. The number of nitrogens with one attached hydrogen (secondary N) is 1. The first-order valence-corrected chi connectivity index (χ1v) is 6.67. The fourth-order valence-electron chi connectivity index (χ4n) is 2.31. The van der Waals surface area contributed by atoms with Gasteiger partial charge in [-0.2, -0.15) is 0 Å². The summed E-state index contributed by atoms with van der Waals surface area (Å²) >= 11 is 0. The lowest BCUT2D eigenvalue weighted by Gasteiger charge is -2.19. The van der Waals surface area contributed by atoms with Crippen LogP contribution in [0.25, 0.3) is 0 Å². The number of hydrogen-bond donors (Lipinski definition) is 2. The number of rotatable bonds is 5. The van der Waals surface area contributed by atoms with E-state index in [2.05, 4.69) is 13.8 Å². The van der Waals surface area contributed by atoms with Crippen LogP contribution in [0.15, 0.2) is 24.3 Å². The second-order valence-electron chi connectivity index (χ2n) is 5.70. The predicted molar refractivity (Wildman–Crippen MR) is 75.7 cm³/mol. The molecule has 1 unspecified atom stereocenters. The molecule has 104 valence electrons. The summed E-state index contributed by atoms with van der Waals surface area (Å²) in [6.45, 7) is 4.82. The average Bonchev–Trinajstić information content (AvgIpc) is 2.67. The van der Waals surface area contributed by atoms with Crippen molar-refractivity contribution in [2.45, 2.75) is 44.8 Å². The monoisotopic (exact) mass is 262 g/mol. The Bertz CT molecular complexity index is 440. The number of nitrogens with two attached hydrogens (primary N) is 1. The molecule has 0 saturated carbocycles. The number of ether oxygens (including phenoxy) is 2. The van der Waals surface area contributed by atoms with Crippen LogP contribution < -0.4 is 10.5 Å². The maximum atomic E-state index is 7.25. The van der Waals surface area contributed by atoms with Gasteiger partial charge in [-0.3, -0.25) is 5.41 Å². The highest BCUT2D eigenvalue weighted by atomic mass is 16.6. The zero-order valence-electron chi connectivity index (χ0n) is 11.6. The predicted octanol–water partition coefficient (Wildman–Crippen LogP) is 2.50. The molecule has 0 bridgehead atoms. The Labute approximate surface area is 114 Å². The van der Waals surface area contributed by atoms with Gasteiger partial charge in [0.1, 0.15) is 12.4 Å². The third-order valence-electron chi connectivity index (χ3n) is 3.31. The van der Waals surface area contributed by atoms with Gasteiger partial charge in [-0.25, -0.2) is 0 Å². The van der Waals surface area contributed by atoms with Crippen molar-refractivity contribution in [3.05, 3.63) is 29.8 Å². The van der Waals surface area contributed by atoms with Crippen molar-refractivity contribution in [1.29, 1.82) is 5.41 Å². The second kappa shape index (κ2) is 5.61. The standard InChI is InChI=1S/C15H22N2O2/c1-15(2)8-7-13(19-15)10-18-12-5-3-11(4-6-12)9-14(16)17/h3-6,13H,7-10H2,1-2H3,(H3,16,17). The molecule has 0 spiro atoms. The molecule has 1 aliphatic heterocycles. The highest BCUT2D eigenvalue weighted by Crippen LogP contribution is 2.29. The van der Waals surface area contributed by atoms with Crippen molar-refractivity contribution in [1.82, 2.24) is 0 Å². The maximum absolute atomic E-state index is 7.25. The Morgan fingerprint density at radius 2 is 2.11 bits per heavy atom. The van der Waals surface area contributed by atoms with Gasteiger partial charge < -0.3 is 15.2 Å². The molecule has 1 aromatic rings. The van der Waals surface area contributed by atoms with Crippen molar-refractivity contribution in [3.8, 4) is 5.75 Å². The van der Waals surface area contributed by atoms with E-state index in [1.807, 2.05) is 24.3 Å². The van der Waals surface area contributed by atoms with E-state index in [0.29, 0.717) is 13.0 Å². The molecule has 3 N–H and O–H groups in total. The third kappa shape index (κ3) is 4.24. The molecule has 0 amide bonds. The average molecular weight is 262 g/mol. The molecule has 19 heavy (non-hydrogen) atoms. The molecule has 1 saturated heterocycles. The van der Waals surface area contributed by atoms with E-state index in [1.165, 1.54) is 0 Å². The molecule has 0 aromatic heterocycles. The Morgan fingerprint density at radius 3 is 2.63 bits per heavy atom. The van der Waals surface area contributed by atoms with Crippen molar-refractivity contribution >= 4 is 5.84 Å². The molecule has 1 atom stereocenters. The number of amidine groups is 1. The van der Waals surface area contributed by atoms with E-state index in [4.69, 9.17) is 20.6 Å². The number of benzene rings is 1. The molecular formula is C15H22N2O2. The van der Waals surface area contributed by atoms with Gasteiger partial charge in [0, 0.05) is 6.42 Å². The first-order valence-electron chi connectivity index (χ1n) is 6.67. The Morgan fingerprint density at radius 1 is 1.42 bits per heavy atom. The normalized spacial score (nSPS) is 21.3. The number of hydrogen-bond acceptors (Lipinski definition) is 3. The van der Waals surface area contributed by atoms with Gasteiger partial charge in [0.05, 0.1) is 17.5 Å². The fourth-order valence-corrected chi connectivity index (χ4v) is 2.31. The summed E-state index contributed by atoms with van der Waals surface area (Å²) in [5.41, 5.74) is 6.38. The second-order valence-corrected chi connectivity index (χ2v) is 5.70. The molecule has 0 radical (unpaired) electrons. The molecule has 1 aliphatic rings. The third-order valence-corrected chi connectivity index (χ3v) is 3.31. The van der Waals surface area contributed by atoms with E-state index < -0.39 is 0 Å². The quantitative estimate of drug-likeness (QED) is 0.633. The van der Waals surface area contributed by atoms with Crippen molar-refractivity contribution in [3.63, 3.8) is 0 Å². The largest absolute Gasteiger partial charge is 0.491 e. The molecule has 4 heteroatoms. The van der Waals surface area contributed by atoms with Crippen LogP contribution in [-0.4, -0.2) is 24.1 Å². The summed E-state index contributed by atoms with van der Waals surface area (Å²) in [5, 5.41) is 7.25. The van der Waals surface area contributed by atoms with Crippen LogP contribution in [0.1, 0.15) is 32.3 Å².